The van der Waals surface area contributed by atoms with E-state index in [1.165, 1.54) is 6.20 Å². The van der Waals surface area contributed by atoms with Crippen LogP contribution in [0.25, 0.3) is 0 Å². The second-order valence-corrected chi connectivity index (χ2v) is 4.04. The molecule has 1 atom stereocenters. The molecule has 1 heterocycles. The first-order chi connectivity index (χ1) is 8.43. The van der Waals surface area contributed by atoms with Crippen LogP contribution in [0.15, 0.2) is 12.3 Å². The minimum atomic E-state index is -0.886. The van der Waals surface area contributed by atoms with E-state index in [4.69, 9.17) is 5.11 Å². The number of nitro groups is 1. The van der Waals surface area contributed by atoms with Gasteiger partial charge in [-0.05, 0) is 19.4 Å². The Morgan fingerprint density at radius 1 is 1.67 bits per heavy atom. The number of aryl methyl sites for hydroxylation is 1. The van der Waals surface area contributed by atoms with Gasteiger partial charge < -0.3 is 10.4 Å². The fourth-order valence-electron chi connectivity index (χ4n) is 1.44. The van der Waals surface area contributed by atoms with Crippen molar-refractivity contribution >= 4 is 17.5 Å². The molecule has 0 radical (unpaired) electrons. The van der Waals surface area contributed by atoms with Crippen LogP contribution in [0.5, 0.6) is 0 Å². The molecule has 0 aliphatic heterocycles. The highest BCUT2D eigenvalue weighted by Gasteiger charge is 2.18. The number of hydrogen-bond donors (Lipinski definition) is 2. The number of nitrogens with one attached hydrogen (secondary N) is 1. The summed E-state index contributed by atoms with van der Waals surface area (Å²) in [6.07, 6.45) is 1.85. The quantitative estimate of drug-likeness (QED) is 0.591. The zero-order valence-electron chi connectivity index (χ0n) is 10.2. The Morgan fingerprint density at radius 2 is 2.33 bits per heavy atom. The zero-order valence-corrected chi connectivity index (χ0v) is 10.2. The van der Waals surface area contributed by atoms with E-state index < -0.39 is 16.8 Å². The van der Waals surface area contributed by atoms with Gasteiger partial charge in [-0.1, -0.05) is 6.92 Å². The number of carbonyl (C=O) groups is 1. The maximum Gasteiger partial charge on any atom is 0.314 e. The largest absolute Gasteiger partial charge is 0.481 e. The average molecular weight is 253 g/mol. The summed E-state index contributed by atoms with van der Waals surface area (Å²) in [7, 11) is 0. The van der Waals surface area contributed by atoms with Crippen LogP contribution in [0.4, 0.5) is 11.5 Å². The first-order valence-electron chi connectivity index (χ1n) is 5.50. The molecule has 1 unspecified atom stereocenters. The van der Waals surface area contributed by atoms with Crippen molar-refractivity contribution in [2.75, 3.05) is 11.9 Å². The molecule has 0 amide bonds. The number of anilines is 1. The summed E-state index contributed by atoms with van der Waals surface area (Å²) in [4.78, 5) is 24.9. The monoisotopic (exact) mass is 253 g/mol. The smallest absolute Gasteiger partial charge is 0.314 e. The maximum absolute atomic E-state index is 10.9. The lowest BCUT2D eigenvalue weighted by Gasteiger charge is -2.09. The van der Waals surface area contributed by atoms with E-state index in [2.05, 4.69) is 10.3 Å². The van der Waals surface area contributed by atoms with Gasteiger partial charge in [-0.25, -0.2) is 4.98 Å². The predicted octanol–water partition coefficient (Wildman–Crippen LogP) is 1.82. The van der Waals surface area contributed by atoms with Crippen LogP contribution < -0.4 is 5.32 Å². The number of aromatic nitrogens is 1. The minimum absolute atomic E-state index is 0.0690. The van der Waals surface area contributed by atoms with Crippen LogP contribution in [0.1, 0.15) is 18.9 Å². The molecule has 0 aliphatic carbocycles. The van der Waals surface area contributed by atoms with Crippen LogP contribution in [0.2, 0.25) is 0 Å². The third kappa shape index (κ3) is 3.41. The summed E-state index contributed by atoms with van der Waals surface area (Å²) in [5.41, 5.74) is 0.448. The Kier molecular flexibility index (Phi) is 4.59. The summed E-state index contributed by atoms with van der Waals surface area (Å²) in [5, 5.41) is 22.4. The molecular weight excluding hydrogens is 238 g/mol. The van der Waals surface area contributed by atoms with Gasteiger partial charge in [0.1, 0.15) is 0 Å². The fraction of sp³-hybridized carbons (Fsp3) is 0.455. The number of pyridine rings is 1. The highest BCUT2D eigenvalue weighted by atomic mass is 16.6. The van der Waals surface area contributed by atoms with Gasteiger partial charge >= 0.3 is 11.7 Å². The number of carboxylic acids is 1. The maximum atomic E-state index is 10.9. The molecule has 0 spiro atoms. The Balaban J connectivity index is 2.71. The zero-order chi connectivity index (χ0) is 13.7. The molecule has 18 heavy (non-hydrogen) atoms. The molecule has 0 fully saturated rings. The Morgan fingerprint density at radius 3 is 2.89 bits per heavy atom. The van der Waals surface area contributed by atoms with E-state index >= 15 is 0 Å². The van der Waals surface area contributed by atoms with Crippen LogP contribution in [-0.4, -0.2) is 27.5 Å². The van der Waals surface area contributed by atoms with Crippen molar-refractivity contribution in [2.24, 2.45) is 5.92 Å². The molecule has 98 valence electrons. The first-order valence-corrected chi connectivity index (χ1v) is 5.50. The van der Waals surface area contributed by atoms with Crippen molar-refractivity contribution in [3.05, 3.63) is 27.9 Å². The molecule has 7 heteroatoms. The standard InChI is InChI=1S/C11H15N3O4/c1-7-3-5-12-10(9(7)14(17)18)13-6-4-8(2)11(15)16/h3,5,8H,4,6H2,1-2H3,(H,12,13)(H,15,16). The Hall–Kier alpha value is -2.18. The van der Waals surface area contributed by atoms with E-state index in [9.17, 15) is 14.9 Å². The lowest BCUT2D eigenvalue weighted by atomic mass is 10.1. The molecule has 0 saturated heterocycles. The van der Waals surface area contributed by atoms with Crippen molar-refractivity contribution in [3.8, 4) is 0 Å². The molecule has 1 aromatic heterocycles. The van der Waals surface area contributed by atoms with Gasteiger partial charge in [0.05, 0.1) is 10.8 Å². The normalized spacial score (nSPS) is 11.9. The number of nitrogens with zero attached hydrogens (tertiary/aromatic N) is 2. The van der Waals surface area contributed by atoms with Gasteiger partial charge in [-0.15, -0.1) is 0 Å². The molecule has 0 bridgehead atoms. The van der Waals surface area contributed by atoms with Crippen molar-refractivity contribution < 1.29 is 14.8 Å². The van der Waals surface area contributed by atoms with Gasteiger partial charge in [0.25, 0.3) is 0 Å². The molecule has 0 aliphatic rings. The number of hydrogen-bond acceptors (Lipinski definition) is 5. The van der Waals surface area contributed by atoms with E-state index in [-0.39, 0.29) is 11.5 Å². The Labute approximate surface area is 104 Å². The lowest BCUT2D eigenvalue weighted by Crippen LogP contribution is -2.15. The highest BCUT2D eigenvalue weighted by molar-refractivity contribution is 5.69. The van der Waals surface area contributed by atoms with Crippen molar-refractivity contribution in [3.63, 3.8) is 0 Å². The number of aliphatic carboxylic acids is 1. The predicted molar refractivity (Wildman–Crippen MR) is 65.5 cm³/mol. The van der Waals surface area contributed by atoms with Gasteiger partial charge in [-0.3, -0.25) is 14.9 Å². The highest BCUT2D eigenvalue weighted by Crippen LogP contribution is 2.25. The second-order valence-electron chi connectivity index (χ2n) is 4.04. The molecule has 2 N–H and O–H groups in total. The fourth-order valence-corrected chi connectivity index (χ4v) is 1.44. The topological polar surface area (TPSA) is 105 Å². The van der Waals surface area contributed by atoms with E-state index in [0.717, 1.165) is 0 Å². The lowest BCUT2D eigenvalue weighted by molar-refractivity contribution is -0.384. The summed E-state index contributed by atoms with van der Waals surface area (Å²) in [6.45, 7) is 3.54. The van der Waals surface area contributed by atoms with Crippen LogP contribution >= 0.6 is 0 Å². The molecule has 1 rings (SSSR count). The van der Waals surface area contributed by atoms with Gasteiger partial charge in [0.2, 0.25) is 5.82 Å². The van der Waals surface area contributed by atoms with E-state index in [1.54, 1.807) is 19.9 Å². The van der Waals surface area contributed by atoms with Crippen LogP contribution in [-0.2, 0) is 4.79 Å². The molecule has 0 aromatic carbocycles. The first kappa shape index (κ1) is 13.9. The summed E-state index contributed by atoms with van der Waals surface area (Å²) >= 11 is 0. The van der Waals surface area contributed by atoms with Crippen molar-refractivity contribution in [2.45, 2.75) is 20.3 Å². The molecule has 1 aromatic rings. The Bertz CT molecular complexity index is 462. The average Bonchev–Trinajstić information content (AvgIpc) is 2.28. The van der Waals surface area contributed by atoms with Crippen LogP contribution in [0, 0.1) is 23.0 Å². The minimum Gasteiger partial charge on any atom is -0.481 e. The molecular formula is C11H15N3O4. The third-order valence-electron chi connectivity index (χ3n) is 2.60. The summed E-state index contributed by atoms with van der Waals surface area (Å²) in [5.74, 6) is -1.21. The van der Waals surface area contributed by atoms with Gasteiger partial charge in [0, 0.05) is 18.3 Å². The SMILES string of the molecule is Cc1ccnc(NCCC(C)C(=O)O)c1[N+](=O)[O-]. The van der Waals surface area contributed by atoms with E-state index in [0.29, 0.717) is 18.5 Å². The van der Waals surface area contributed by atoms with Crippen LogP contribution in [0.3, 0.4) is 0 Å². The van der Waals surface area contributed by atoms with Gasteiger partial charge in [0.15, 0.2) is 0 Å². The van der Waals surface area contributed by atoms with E-state index in [1.807, 2.05) is 0 Å². The third-order valence-corrected chi connectivity index (χ3v) is 2.60. The molecule has 7 nitrogen and oxygen atoms in total. The molecule has 0 saturated carbocycles. The van der Waals surface area contributed by atoms with Crippen molar-refractivity contribution in [1.82, 2.24) is 4.98 Å². The summed E-state index contributed by atoms with van der Waals surface area (Å²) < 4.78 is 0. The van der Waals surface area contributed by atoms with Crippen molar-refractivity contribution in [1.29, 1.82) is 0 Å². The number of carboxylic acid groups (broad SMARTS) is 1. The number of rotatable bonds is 6. The second kappa shape index (κ2) is 5.95. The summed E-state index contributed by atoms with van der Waals surface area (Å²) in [6, 6.07) is 1.56. The van der Waals surface area contributed by atoms with Gasteiger partial charge in [-0.2, -0.15) is 0 Å².